The number of nitrogens with one attached hydrogen (secondary N) is 1. The first-order valence-electron chi connectivity index (χ1n) is 8.59. The first-order chi connectivity index (χ1) is 11.5. The minimum atomic E-state index is 0.0156. The minimum Gasteiger partial charge on any atom is -0.325 e. The number of hydrogen-bond donors (Lipinski definition) is 1. The molecule has 24 heavy (non-hydrogen) atoms. The van der Waals surface area contributed by atoms with Gasteiger partial charge < -0.3 is 9.88 Å². The second-order valence-corrected chi connectivity index (χ2v) is 7.52. The molecule has 128 valence electrons. The third kappa shape index (κ3) is 3.83. The van der Waals surface area contributed by atoms with Gasteiger partial charge in [-0.2, -0.15) is 0 Å². The predicted octanol–water partition coefficient (Wildman–Crippen LogP) is 4.65. The van der Waals surface area contributed by atoms with Crippen LogP contribution in [0.15, 0.2) is 29.4 Å². The molecule has 1 amide bonds. The monoisotopic (exact) mass is 343 g/mol. The van der Waals surface area contributed by atoms with Crippen molar-refractivity contribution in [3.8, 4) is 0 Å². The van der Waals surface area contributed by atoms with E-state index in [9.17, 15) is 4.79 Å². The van der Waals surface area contributed by atoms with Crippen molar-refractivity contribution in [1.82, 2.24) is 9.55 Å². The summed E-state index contributed by atoms with van der Waals surface area (Å²) in [5, 5.41) is 3.95. The van der Waals surface area contributed by atoms with Gasteiger partial charge in [0.15, 0.2) is 5.16 Å². The van der Waals surface area contributed by atoms with Gasteiger partial charge in [-0.1, -0.05) is 36.7 Å². The summed E-state index contributed by atoms with van der Waals surface area (Å²) >= 11 is 1.54. The lowest BCUT2D eigenvalue weighted by Crippen LogP contribution is -2.15. The van der Waals surface area contributed by atoms with Crippen molar-refractivity contribution in [2.45, 2.75) is 57.7 Å². The normalized spacial score (nSPS) is 15.0. The number of hydrogen-bond acceptors (Lipinski definition) is 3. The number of carbonyl (C=O) groups is 1. The molecule has 5 heteroatoms. The van der Waals surface area contributed by atoms with Crippen molar-refractivity contribution >= 4 is 23.4 Å². The van der Waals surface area contributed by atoms with Gasteiger partial charge in [-0.15, -0.1) is 0 Å². The molecule has 1 fully saturated rings. The average Bonchev–Trinajstić information content (AvgIpc) is 3.14. The lowest BCUT2D eigenvalue weighted by Gasteiger charge is -2.16. The van der Waals surface area contributed by atoms with Gasteiger partial charge in [0.1, 0.15) is 0 Å². The van der Waals surface area contributed by atoms with Gasteiger partial charge >= 0.3 is 0 Å². The quantitative estimate of drug-likeness (QED) is 0.804. The fraction of sp³-hybridized carbons (Fsp3) is 0.474. The molecule has 0 radical (unpaired) electrons. The van der Waals surface area contributed by atoms with E-state index in [1.807, 2.05) is 31.2 Å². The number of rotatable bonds is 5. The van der Waals surface area contributed by atoms with E-state index in [4.69, 9.17) is 4.98 Å². The number of aryl methyl sites for hydroxylation is 2. The fourth-order valence-electron chi connectivity index (χ4n) is 3.34. The Kier molecular flexibility index (Phi) is 5.29. The fourth-order valence-corrected chi connectivity index (χ4v) is 4.30. The van der Waals surface area contributed by atoms with Gasteiger partial charge in [0, 0.05) is 17.4 Å². The number of amides is 1. The van der Waals surface area contributed by atoms with E-state index >= 15 is 0 Å². The van der Waals surface area contributed by atoms with Crippen LogP contribution in [-0.4, -0.2) is 21.2 Å². The molecule has 1 aromatic heterocycles. The summed E-state index contributed by atoms with van der Waals surface area (Å²) in [4.78, 5) is 16.9. The first kappa shape index (κ1) is 17.1. The second kappa shape index (κ2) is 7.43. The van der Waals surface area contributed by atoms with Crippen LogP contribution in [0.4, 0.5) is 5.69 Å². The first-order valence-corrected chi connectivity index (χ1v) is 9.58. The molecule has 1 aromatic carbocycles. The molecule has 0 atom stereocenters. The molecule has 1 heterocycles. The van der Waals surface area contributed by atoms with Gasteiger partial charge in [0.25, 0.3) is 0 Å². The van der Waals surface area contributed by atoms with Crippen LogP contribution in [0.25, 0.3) is 0 Å². The smallest absolute Gasteiger partial charge is 0.234 e. The van der Waals surface area contributed by atoms with Crippen LogP contribution in [0.3, 0.4) is 0 Å². The Labute approximate surface area is 148 Å². The highest BCUT2D eigenvalue weighted by atomic mass is 32.2. The van der Waals surface area contributed by atoms with E-state index in [1.54, 1.807) is 11.8 Å². The highest BCUT2D eigenvalue weighted by Gasteiger charge is 2.23. The lowest BCUT2D eigenvalue weighted by molar-refractivity contribution is -0.113. The summed E-state index contributed by atoms with van der Waals surface area (Å²) in [7, 11) is 0. The minimum absolute atomic E-state index is 0.0156. The van der Waals surface area contributed by atoms with E-state index < -0.39 is 0 Å². The van der Waals surface area contributed by atoms with Gasteiger partial charge in [-0.25, -0.2) is 4.98 Å². The average molecular weight is 343 g/mol. The number of carbonyl (C=O) groups excluding carboxylic acids is 1. The molecular formula is C19H25N3OS. The number of thioether (sulfide) groups is 1. The summed E-state index contributed by atoms with van der Waals surface area (Å²) in [6.45, 7) is 6.21. The molecule has 0 spiro atoms. The molecule has 0 unspecified atom stereocenters. The van der Waals surface area contributed by atoms with E-state index in [0.717, 1.165) is 22.1 Å². The third-order valence-electron chi connectivity index (χ3n) is 4.68. The van der Waals surface area contributed by atoms with E-state index in [0.29, 0.717) is 11.8 Å². The van der Waals surface area contributed by atoms with Crippen molar-refractivity contribution in [1.29, 1.82) is 0 Å². The predicted molar refractivity (Wildman–Crippen MR) is 99.7 cm³/mol. The zero-order chi connectivity index (χ0) is 17.1. The Morgan fingerprint density at radius 2 is 2.04 bits per heavy atom. The van der Waals surface area contributed by atoms with E-state index in [1.165, 1.54) is 31.4 Å². The number of aromatic nitrogens is 2. The Balaban J connectivity index is 1.66. The molecule has 0 saturated heterocycles. The van der Waals surface area contributed by atoms with Crippen LogP contribution in [0, 0.1) is 20.8 Å². The summed E-state index contributed by atoms with van der Waals surface area (Å²) in [6.07, 6.45) is 5.03. The van der Waals surface area contributed by atoms with Gasteiger partial charge in [0.2, 0.25) is 5.91 Å². The van der Waals surface area contributed by atoms with Crippen molar-refractivity contribution in [3.05, 3.63) is 41.2 Å². The van der Waals surface area contributed by atoms with E-state index in [-0.39, 0.29) is 5.91 Å². The van der Waals surface area contributed by atoms with Crippen molar-refractivity contribution in [2.75, 3.05) is 11.1 Å². The van der Waals surface area contributed by atoms with Crippen LogP contribution in [0.1, 0.15) is 48.7 Å². The third-order valence-corrected chi connectivity index (χ3v) is 5.63. The molecule has 1 N–H and O–H groups in total. The van der Waals surface area contributed by atoms with Crippen LogP contribution >= 0.6 is 11.8 Å². The summed E-state index contributed by atoms with van der Waals surface area (Å²) < 4.78 is 2.35. The maximum Gasteiger partial charge on any atom is 0.234 e. The molecule has 0 bridgehead atoms. The second-order valence-electron chi connectivity index (χ2n) is 6.58. The molecule has 1 aliphatic carbocycles. The topological polar surface area (TPSA) is 46.9 Å². The van der Waals surface area contributed by atoms with Crippen LogP contribution in [0.2, 0.25) is 0 Å². The van der Waals surface area contributed by atoms with Crippen molar-refractivity contribution in [2.24, 2.45) is 0 Å². The Morgan fingerprint density at radius 1 is 1.29 bits per heavy atom. The number of imidazole rings is 1. The van der Waals surface area contributed by atoms with Gasteiger partial charge in [0.05, 0.1) is 11.4 Å². The highest BCUT2D eigenvalue weighted by Crippen LogP contribution is 2.35. The SMILES string of the molecule is Cc1cccc(NC(=O)CSc2nc(C)c(C)n2C2CCCC2)c1. The Hall–Kier alpha value is -1.75. The van der Waals surface area contributed by atoms with Crippen molar-refractivity contribution in [3.63, 3.8) is 0 Å². The van der Waals surface area contributed by atoms with Crippen LogP contribution in [0.5, 0.6) is 0 Å². The summed E-state index contributed by atoms with van der Waals surface area (Å²) in [5.74, 6) is 0.401. The number of nitrogens with zero attached hydrogens (tertiary/aromatic N) is 2. The lowest BCUT2D eigenvalue weighted by atomic mass is 10.2. The zero-order valence-electron chi connectivity index (χ0n) is 14.6. The summed E-state index contributed by atoms with van der Waals surface area (Å²) in [5.41, 5.74) is 4.31. The largest absolute Gasteiger partial charge is 0.325 e. The zero-order valence-corrected chi connectivity index (χ0v) is 15.4. The maximum absolute atomic E-state index is 12.3. The molecular weight excluding hydrogens is 318 g/mol. The molecule has 0 aliphatic heterocycles. The maximum atomic E-state index is 12.3. The molecule has 1 aliphatic rings. The number of benzene rings is 1. The molecule has 1 saturated carbocycles. The van der Waals surface area contributed by atoms with Crippen LogP contribution in [-0.2, 0) is 4.79 Å². The van der Waals surface area contributed by atoms with Crippen LogP contribution < -0.4 is 5.32 Å². The van der Waals surface area contributed by atoms with E-state index in [2.05, 4.69) is 23.7 Å². The van der Waals surface area contributed by atoms with Crippen molar-refractivity contribution < 1.29 is 4.79 Å². The van der Waals surface area contributed by atoms with Gasteiger partial charge in [-0.3, -0.25) is 4.79 Å². The Morgan fingerprint density at radius 3 is 2.75 bits per heavy atom. The molecule has 2 aromatic rings. The highest BCUT2D eigenvalue weighted by molar-refractivity contribution is 7.99. The standard InChI is InChI=1S/C19H25N3OS/c1-13-7-6-8-16(11-13)21-18(23)12-24-19-20-14(2)15(3)22(19)17-9-4-5-10-17/h6-8,11,17H,4-5,9-10,12H2,1-3H3,(H,21,23). The molecule has 3 rings (SSSR count). The Bertz CT molecular complexity index is 732. The summed E-state index contributed by atoms with van der Waals surface area (Å²) in [6, 6.07) is 8.43. The molecule has 4 nitrogen and oxygen atoms in total. The van der Waals surface area contributed by atoms with Gasteiger partial charge in [-0.05, 0) is 51.3 Å². The number of anilines is 1.